The molecule has 1 unspecified atom stereocenters. The first-order chi connectivity index (χ1) is 13.2. The number of carbonyl (C=O) groups is 1. The summed E-state index contributed by atoms with van der Waals surface area (Å²) in [5.41, 5.74) is 4.45. The minimum Gasteiger partial charge on any atom is -0.293 e. The molecule has 1 atom stereocenters. The van der Waals surface area contributed by atoms with E-state index in [1.807, 2.05) is 83.6 Å². The molecule has 4 aromatic rings. The number of aromatic nitrogens is 2. The van der Waals surface area contributed by atoms with E-state index in [1.165, 1.54) is 5.01 Å². The molecule has 3 heterocycles. The van der Waals surface area contributed by atoms with E-state index in [0.29, 0.717) is 0 Å². The Morgan fingerprint density at radius 3 is 2.44 bits per heavy atom. The number of amides is 1. The molecule has 0 N–H and O–H groups in total. The lowest BCUT2D eigenvalue weighted by molar-refractivity contribution is -0.118. The third kappa shape index (κ3) is 2.57. The molecule has 0 spiro atoms. The van der Waals surface area contributed by atoms with Gasteiger partial charge in [0.2, 0.25) is 0 Å². The summed E-state index contributed by atoms with van der Waals surface area (Å²) in [6.07, 6.45) is 2.00. The topological polar surface area (TPSA) is 50.0 Å². The number of hydrogen-bond acceptors (Lipinski definition) is 4. The maximum Gasteiger partial charge on any atom is 0.262 e. The molecule has 0 fully saturated rings. The first kappa shape index (κ1) is 16.0. The number of fused-ring (bicyclic) bond motifs is 1. The number of imidazole rings is 1. The molecule has 2 aromatic heterocycles. The van der Waals surface area contributed by atoms with Crippen LogP contribution in [-0.4, -0.2) is 21.0 Å². The molecule has 0 aliphatic carbocycles. The summed E-state index contributed by atoms with van der Waals surface area (Å²) in [6.45, 7) is 1.91. The highest BCUT2D eigenvalue weighted by Gasteiger charge is 2.37. The van der Waals surface area contributed by atoms with Crippen LogP contribution in [0.3, 0.4) is 0 Å². The van der Waals surface area contributed by atoms with Gasteiger partial charge in [-0.05, 0) is 19.1 Å². The summed E-state index contributed by atoms with van der Waals surface area (Å²) in [4.78, 5) is 18.7. The van der Waals surface area contributed by atoms with Crippen molar-refractivity contribution in [1.29, 1.82) is 0 Å². The monoisotopic (exact) mass is 372 g/mol. The Bertz CT molecular complexity index is 1160. The van der Waals surface area contributed by atoms with Crippen molar-refractivity contribution >= 4 is 33.6 Å². The van der Waals surface area contributed by atoms with Gasteiger partial charge in [-0.1, -0.05) is 48.5 Å². The number of thiazole rings is 1. The molecule has 27 heavy (non-hydrogen) atoms. The van der Waals surface area contributed by atoms with Gasteiger partial charge >= 0.3 is 0 Å². The van der Waals surface area contributed by atoms with Crippen LogP contribution in [0.25, 0.3) is 16.2 Å². The van der Waals surface area contributed by atoms with Gasteiger partial charge in [0.05, 0.1) is 22.8 Å². The fourth-order valence-corrected chi connectivity index (χ4v) is 4.32. The highest BCUT2D eigenvalue weighted by molar-refractivity contribution is 7.15. The Morgan fingerprint density at radius 1 is 1.00 bits per heavy atom. The zero-order valence-corrected chi connectivity index (χ0v) is 15.4. The second-order valence-corrected chi connectivity index (χ2v) is 7.30. The lowest BCUT2D eigenvalue weighted by Crippen LogP contribution is -2.26. The van der Waals surface area contributed by atoms with Crippen LogP contribution in [-0.2, 0) is 4.79 Å². The van der Waals surface area contributed by atoms with Crippen LogP contribution >= 0.6 is 11.3 Å². The van der Waals surface area contributed by atoms with E-state index in [9.17, 15) is 4.79 Å². The Morgan fingerprint density at radius 2 is 1.70 bits per heavy atom. The van der Waals surface area contributed by atoms with Crippen molar-refractivity contribution in [3.63, 3.8) is 0 Å². The lowest BCUT2D eigenvalue weighted by Gasteiger charge is -2.13. The average molecular weight is 372 g/mol. The third-order valence-electron chi connectivity index (χ3n) is 4.73. The van der Waals surface area contributed by atoms with E-state index < -0.39 is 5.92 Å². The maximum absolute atomic E-state index is 13.1. The van der Waals surface area contributed by atoms with Crippen LogP contribution in [0, 0.1) is 0 Å². The van der Waals surface area contributed by atoms with Crippen molar-refractivity contribution in [3.05, 3.63) is 77.9 Å². The molecule has 132 valence electrons. The highest BCUT2D eigenvalue weighted by atomic mass is 32.1. The molecule has 6 heteroatoms. The molecule has 5 rings (SSSR count). The first-order valence-corrected chi connectivity index (χ1v) is 9.56. The van der Waals surface area contributed by atoms with Gasteiger partial charge in [-0.25, -0.2) is 4.98 Å². The third-order valence-corrected chi connectivity index (χ3v) is 5.59. The SMILES string of the molecule is CC1=NN(c2ccccc2)C(=O)C1c1csc2nc(-c3ccccc3)cn12. The van der Waals surface area contributed by atoms with Gasteiger partial charge in [-0.2, -0.15) is 10.1 Å². The zero-order chi connectivity index (χ0) is 18.4. The standard InChI is InChI=1S/C21H16N4OS/c1-14-19(20(26)25(23-14)16-10-6-3-7-11-16)18-13-27-21-22-17(12-24(18)21)15-8-4-2-5-9-15/h2-13,19H,1H3. The molecule has 5 nitrogen and oxygen atoms in total. The lowest BCUT2D eigenvalue weighted by atomic mass is 10.0. The van der Waals surface area contributed by atoms with Crippen LogP contribution in [0.15, 0.2) is 77.3 Å². The normalized spacial score (nSPS) is 16.9. The fraction of sp³-hybridized carbons (Fsp3) is 0.0952. The van der Waals surface area contributed by atoms with Crippen molar-refractivity contribution in [2.45, 2.75) is 12.8 Å². The van der Waals surface area contributed by atoms with Crippen molar-refractivity contribution in [2.24, 2.45) is 5.10 Å². The number of rotatable bonds is 3. The van der Waals surface area contributed by atoms with Crippen LogP contribution < -0.4 is 5.01 Å². The molecule has 0 radical (unpaired) electrons. The Kier molecular flexibility index (Phi) is 3.65. The van der Waals surface area contributed by atoms with Crippen molar-refractivity contribution < 1.29 is 4.79 Å². The predicted octanol–water partition coefficient (Wildman–Crippen LogP) is 4.57. The van der Waals surface area contributed by atoms with Crippen molar-refractivity contribution in [2.75, 3.05) is 5.01 Å². The molecule has 0 bridgehead atoms. The molecular weight excluding hydrogens is 356 g/mol. The summed E-state index contributed by atoms with van der Waals surface area (Å²) in [7, 11) is 0. The van der Waals surface area contributed by atoms with E-state index in [-0.39, 0.29) is 5.91 Å². The molecule has 1 aliphatic rings. The quantitative estimate of drug-likeness (QED) is 0.529. The van der Waals surface area contributed by atoms with E-state index in [2.05, 4.69) is 5.10 Å². The summed E-state index contributed by atoms with van der Waals surface area (Å²) >= 11 is 1.54. The summed E-state index contributed by atoms with van der Waals surface area (Å²) in [6, 6.07) is 19.6. The summed E-state index contributed by atoms with van der Waals surface area (Å²) in [5.74, 6) is -0.426. The number of hydrogen-bond donors (Lipinski definition) is 0. The summed E-state index contributed by atoms with van der Waals surface area (Å²) < 4.78 is 2.02. The van der Waals surface area contributed by atoms with Gasteiger partial charge in [-0.3, -0.25) is 9.20 Å². The first-order valence-electron chi connectivity index (χ1n) is 8.68. The van der Waals surface area contributed by atoms with Gasteiger partial charge in [0, 0.05) is 17.1 Å². The minimum atomic E-state index is -0.392. The molecular formula is C21H16N4OS. The zero-order valence-electron chi connectivity index (χ0n) is 14.6. The molecule has 1 aliphatic heterocycles. The van der Waals surface area contributed by atoms with Crippen LogP contribution in [0.4, 0.5) is 5.69 Å². The maximum atomic E-state index is 13.1. The van der Waals surface area contributed by atoms with Gasteiger partial charge in [0.15, 0.2) is 4.96 Å². The van der Waals surface area contributed by atoms with Gasteiger partial charge < -0.3 is 0 Å². The van der Waals surface area contributed by atoms with E-state index in [4.69, 9.17) is 4.98 Å². The van der Waals surface area contributed by atoms with E-state index in [1.54, 1.807) is 11.3 Å². The smallest absolute Gasteiger partial charge is 0.262 e. The van der Waals surface area contributed by atoms with Crippen molar-refractivity contribution in [1.82, 2.24) is 9.38 Å². The highest BCUT2D eigenvalue weighted by Crippen LogP contribution is 2.33. The number of anilines is 1. The molecule has 0 saturated carbocycles. The largest absolute Gasteiger partial charge is 0.293 e. The van der Waals surface area contributed by atoms with Crippen LogP contribution in [0.5, 0.6) is 0 Å². The number of hydrazone groups is 1. The fourth-order valence-electron chi connectivity index (χ4n) is 3.42. The predicted molar refractivity (Wildman–Crippen MR) is 108 cm³/mol. The Balaban J connectivity index is 1.55. The van der Waals surface area contributed by atoms with E-state index in [0.717, 1.165) is 33.3 Å². The Labute approximate surface area is 160 Å². The van der Waals surface area contributed by atoms with Crippen LogP contribution in [0.1, 0.15) is 18.5 Å². The summed E-state index contributed by atoms with van der Waals surface area (Å²) in [5, 5.41) is 8.03. The number of nitrogens with zero attached hydrogens (tertiary/aromatic N) is 4. The number of carbonyl (C=O) groups excluding carboxylic acids is 1. The molecule has 2 aromatic carbocycles. The van der Waals surface area contributed by atoms with E-state index >= 15 is 0 Å². The van der Waals surface area contributed by atoms with Gasteiger partial charge in [0.25, 0.3) is 5.91 Å². The molecule has 1 amide bonds. The number of para-hydroxylation sites is 1. The Hall–Kier alpha value is -3.25. The van der Waals surface area contributed by atoms with Crippen LogP contribution in [0.2, 0.25) is 0 Å². The number of benzene rings is 2. The molecule has 0 saturated heterocycles. The average Bonchev–Trinajstić information content (AvgIpc) is 3.37. The van der Waals surface area contributed by atoms with Crippen molar-refractivity contribution in [3.8, 4) is 11.3 Å². The second kappa shape index (κ2) is 6.17. The second-order valence-electron chi connectivity index (χ2n) is 6.47. The van der Waals surface area contributed by atoms with Gasteiger partial charge in [-0.15, -0.1) is 11.3 Å². The minimum absolute atomic E-state index is 0.0339. The van der Waals surface area contributed by atoms with Gasteiger partial charge in [0.1, 0.15) is 5.92 Å².